The molecule has 4 nitrogen and oxygen atoms in total. The van der Waals surface area contributed by atoms with E-state index in [9.17, 15) is 0 Å². The molecule has 0 saturated carbocycles. The van der Waals surface area contributed by atoms with Crippen LogP contribution < -0.4 is 17.4 Å². The van der Waals surface area contributed by atoms with Crippen molar-refractivity contribution in [3.05, 3.63) is 0 Å². The Bertz CT molecular complexity index is 274. The molecular formula is C21H48ClNO3Si. The maximum atomic E-state index is 5.40. The quantitative estimate of drug-likeness (QED) is 0.226. The summed E-state index contributed by atoms with van der Waals surface area (Å²) in [7, 11) is 2.56. The van der Waals surface area contributed by atoms with Crippen molar-refractivity contribution in [2.24, 2.45) is 0 Å². The van der Waals surface area contributed by atoms with Gasteiger partial charge in [0, 0.05) is 21.3 Å². The molecule has 0 aliphatic carbocycles. The van der Waals surface area contributed by atoms with Gasteiger partial charge in [-0.3, -0.25) is 0 Å². The van der Waals surface area contributed by atoms with Crippen LogP contribution in [0.15, 0.2) is 0 Å². The summed E-state index contributed by atoms with van der Waals surface area (Å²) in [4.78, 5) is 2.12. The van der Waals surface area contributed by atoms with Crippen LogP contribution in [0.5, 0.6) is 0 Å². The molecule has 0 saturated heterocycles. The number of nitrogens with two attached hydrogens (primary N) is 1. The Hall–Kier alpha value is 0.347. The van der Waals surface area contributed by atoms with E-state index in [0.717, 1.165) is 6.54 Å². The first-order valence-electron chi connectivity index (χ1n) is 11.2. The third-order valence-corrected chi connectivity index (χ3v) is 7.80. The third kappa shape index (κ3) is 18.1. The van der Waals surface area contributed by atoms with Gasteiger partial charge in [0.25, 0.3) is 0 Å². The highest BCUT2D eigenvalue weighted by atomic mass is 35.5. The second kappa shape index (κ2) is 22.6. The molecule has 0 amide bonds. The van der Waals surface area contributed by atoms with E-state index >= 15 is 0 Å². The van der Waals surface area contributed by atoms with E-state index in [1.165, 1.54) is 103 Å². The highest BCUT2D eigenvalue weighted by Crippen LogP contribution is 2.13. The minimum Gasteiger partial charge on any atom is -1.00 e. The van der Waals surface area contributed by atoms with Crippen molar-refractivity contribution >= 4 is 8.97 Å². The van der Waals surface area contributed by atoms with Crippen LogP contribution in [0.25, 0.3) is 0 Å². The van der Waals surface area contributed by atoms with Gasteiger partial charge in [0.1, 0.15) is 0 Å². The molecule has 166 valence electrons. The van der Waals surface area contributed by atoms with Crippen molar-refractivity contribution in [2.45, 2.75) is 110 Å². The highest BCUT2D eigenvalue weighted by molar-refractivity contribution is 6.50. The van der Waals surface area contributed by atoms with Crippen LogP contribution in [0.2, 0.25) is 0 Å². The van der Waals surface area contributed by atoms with Gasteiger partial charge >= 0.3 is 8.97 Å². The maximum absolute atomic E-state index is 5.40. The molecule has 0 bridgehead atoms. The summed E-state index contributed by atoms with van der Waals surface area (Å²) < 4.78 is 16.2. The topological polar surface area (TPSA) is 44.3 Å². The van der Waals surface area contributed by atoms with E-state index in [1.54, 1.807) is 21.3 Å². The average molecular weight is 426 g/mol. The zero-order chi connectivity index (χ0) is 19.3. The fourth-order valence-corrected chi connectivity index (χ4v) is 5.03. The van der Waals surface area contributed by atoms with Crippen molar-refractivity contribution in [1.29, 1.82) is 0 Å². The van der Waals surface area contributed by atoms with Gasteiger partial charge in [-0.2, -0.15) is 0 Å². The molecule has 0 heterocycles. The Labute approximate surface area is 177 Å². The number of unbranched alkanes of at least 4 members (excludes halogenated alkanes) is 15. The molecule has 0 unspecified atom stereocenters. The lowest BCUT2D eigenvalue weighted by molar-refractivity contribution is -0.578. The zero-order valence-corrected chi connectivity index (χ0v) is 20.5. The lowest BCUT2D eigenvalue weighted by atomic mass is 10.0. The van der Waals surface area contributed by atoms with Crippen molar-refractivity contribution in [1.82, 2.24) is 0 Å². The molecule has 0 spiro atoms. The lowest BCUT2D eigenvalue weighted by Gasteiger charge is -2.18. The van der Waals surface area contributed by atoms with Gasteiger partial charge in [-0.25, -0.2) is 0 Å². The van der Waals surface area contributed by atoms with Crippen molar-refractivity contribution in [3.8, 4) is 0 Å². The molecule has 0 radical (unpaired) electrons. The first-order chi connectivity index (χ1) is 12.7. The summed E-state index contributed by atoms with van der Waals surface area (Å²) in [5.41, 5.74) is 0. The molecule has 6 heteroatoms. The van der Waals surface area contributed by atoms with Crippen LogP contribution in [0.4, 0.5) is 0 Å². The van der Waals surface area contributed by atoms with E-state index in [2.05, 4.69) is 11.9 Å². The van der Waals surface area contributed by atoms with Crippen molar-refractivity contribution < 1.29 is 30.7 Å². The SMILES string of the molecule is CCCCCCCCCCCCCCCCCC[NH2+][Si](OC)(OC)OC.[Cl-]. The van der Waals surface area contributed by atoms with Gasteiger partial charge in [-0.1, -0.05) is 96.8 Å². The summed E-state index contributed by atoms with van der Waals surface area (Å²) in [6.45, 7) is 3.32. The first kappa shape index (κ1) is 29.5. The highest BCUT2D eigenvalue weighted by Gasteiger charge is 2.48. The monoisotopic (exact) mass is 425 g/mol. The van der Waals surface area contributed by atoms with E-state index in [4.69, 9.17) is 13.3 Å². The van der Waals surface area contributed by atoms with E-state index in [1.807, 2.05) is 0 Å². The largest absolute Gasteiger partial charge is 1.00 e. The average Bonchev–Trinajstić information content (AvgIpc) is 2.68. The van der Waals surface area contributed by atoms with E-state index in [0.29, 0.717) is 0 Å². The normalized spacial score (nSPS) is 11.6. The molecule has 0 aliphatic heterocycles. The summed E-state index contributed by atoms with van der Waals surface area (Å²) >= 11 is 0. The Balaban J connectivity index is 0. The van der Waals surface area contributed by atoms with Gasteiger partial charge in [0.2, 0.25) is 0 Å². The summed E-state index contributed by atoms with van der Waals surface area (Å²) in [6.07, 6.45) is 22.5. The molecule has 0 aromatic rings. The number of hydrogen-bond donors (Lipinski definition) is 1. The molecular weight excluding hydrogens is 378 g/mol. The second-order valence-corrected chi connectivity index (χ2v) is 10.4. The molecule has 0 aromatic heterocycles. The van der Waals surface area contributed by atoms with Gasteiger partial charge < -0.3 is 30.7 Å². The number of rotatable bonds is 21. The third-order valence-electron chi connectivity index (χ3n) is 5.31. The van der Waals surface area contributed by atoms with Gasteiger partial charge in [-0.15, -0.1) is 0 Å². The van der Waals surface area contributed by atoms with Gasteiger partial charge in [0.05, 0.1) is 6.54 Å². The predicted molar refractivity (Wildman–Crippen MR) is 113 cm³/mol. The van der Waals surface area contributed by atoms with Crippen molar-refractivity contribution in [3.63, 3.8) is 0 Å². The summed E-state index contributed by atoms with van der Waals surface area (Å²) in [6, 6.07) is 0. The zero-order valence-electron chi connectivity index (χ0n) is 18.7. The van der Waals surface area contributed by atoms with E-state index < -0.39 is 8.97 Å². The molecule has 0 aromatic carbocycles. The fraction of sp³-hybridized carbons (Fsp3) is 1.00. The lowest BCUT2D eigenvalue weighted by Crippen LogP contribution is -3.02. The smallest absolute Gasteiger partial charge is 0.780 e. The minimum atomic E-state index is -2.45. The number of halogens is 1. The maximum Gasteiger partial charge on any atom is 0.780 e. The fourth-order valence-electron chi connectivity index (χ4n) is 3.47. The molecule has 0 atom stereocenters. The Kier molecular flexibility index (Phi) is 24.8. The molecule has 2 N–H and O–H groups in total. The van der Waals surface area contributed by atoms with Gasteiger partial charge in [-0.05, 0) is 12.8 Å². The van der Waals surface area contributed by atoms with Crippen LogP contribution in [0, 0.1) is 0 Å². The second-order valence-electron chi connectivity index (χ2n) is 7.51. The molecule has 27 heavy (non-hydrogen) atoms. The Morgan fingerprint density at radius 2 is 0.815 bits per heavy atom. The van der Waals surface area contributed by atoms with E-state index in [-0.39, 0.29) is 12.4 Å². The molecule has 0 rings (SSSR count). The minimum absolute atomic E-state index is 0. The number of quaternary nitrogens is 1. The van der Waals surface area contributed by atoms with Crippen molar-refractivity contribution in [2.75, 3.05) is 27.9 Å². The van der Waals surface area contributed by atoms with Crippen LogP contribution in [-0.2, 0) is 13.3 Å². The van der Waals surface area contributed by atoms with Gasteiger partial charge in [0.15, 0.2) is 0 Å². The first-order valence-corrected chi connectivity index (χ1v) is 13.0. The Morgan fingerprint density at radius 1 is 0.519 bits per heavy atom. The number of hydrogen-bond acceptors (Lipinski definition) is 3. The Morgan fingerprint density at radius 3 is 1.11 bits per heavy atom. The summed E-state index contributed by atoms with van der Waals surface area (Å²) in [5, 5.41) is 0. The summed E-state index contributed by atoms with van der Waals surface area (Å²) in [5.74, 6) is 0. The standard InChI is InChI=1S/C21H47NO3Si.ClH/c1-5-6-7-8-9-10-11-12-13-14-15-16-17-18-19-20-21-22-26(23-2,24-3)25-4;/h22H,5-21H2,1-4H3;1H. The van der Waals surface area contributed by atoms with Crippen LogP contribution in [0.3, 0.4) is 0 Å². The molecule has 0 aliphatic rings. The van der Waals surface area contributed by atoms with Crippen LogP contribution in [0.1, 0.15) is 110 Å². The predicted octanol–water partition coefficient (Wildman–Crippen LogP) is 2.19. The van der Waals surface area contributed by atoms with Crippen LogP contribution >= 0.6 is 0 Å². The van der Waals surface area contributed by atoms with Crippen LogP contribution in [-0.4, -0.2) is 36.8 Å². The molecule has 0 fully saturated rings.